The minimum Gasteiger partial charge on any atom is -0.481 e. The van der Waals surface area contributed by atoms with E-state index in [1.54, 1.807) is 4.90 Å². The topological polar surface area (TPSA) is 95.9 Å². The van der Waals surface area contributed by atoms with Crippen molar-refractivity contribution in [1.29, 1.82) is 0 Å². The molecule has 0 spiro atoms. The summed E-state index contributed by atoms with van der Waals surface area (Å²) in [4.78, 5) is 38.5. The molecule has 0 saturated carbocycles. The van der Waals surface area contributed by atoms with Crippen molar-refractivity contribution in [1.82, 2.24) is 10.2 Å². The number of carboxylic acids is 1. The molecule has 1 aliphatic heterocycles. The molecule has 1 aliphatic carbocycles. The van der Waals surface area contributed by atoms with Crippen LogP contribution >= 0.6 is 0 Å². The molecule has 2 aromatic carbocycles. The predicted octanol–water partition coefficient (Wildman–Crippen LogP) is 4.26. The monoisotopic (exact) mass is 464 g/mol. The lowest BCUT2D eigenvalue weighted by atomic mass is 9.98. The van der Waals surface area contributed by atoms with Crippen LogP contribution < -0.4 is 5.32 Å². The summed E-state index contributed by atoms with van der Waals surface area (Å²) in [6.07, 6.45) is 1.04. The van der Waals surface area contributed by atoms with E-state index in [9.17, 15) is 19.5 Å². The van der Waals surface area contributed by atoms with E-state index in [1.807, 2.05) is 38.1 Å². The van der Waals surface area contributed by atoms with E-state index in [1.165, 1.54) is 11.1 Å². The van der Waals surface area contributed by atoms with Crippen molar-refractivity contribution in [3.8, 4) is 11.1 Å². The first-order valence-electron chi connectivity index (χ1n) is 12.0. The van der Waals surface area contributed by atoms with Gasteiger partial charge in [-0.3, -0.25) is 9.59 Å². The number of nitrogens with one attached hydrogen (secondary N) is 1. The average molecular weight is 465 g/mol. The maximum Gasteiger partial charge on any atom is 0.407 e. The lowest BCUT2D eigenvalue weighted by molar-refractivity contribution is -0.142. The smallest absolute Gasteiger partial charge is 0.407 e. The van der Waals surface area contributed by atoms with Gasteiger partial charge in [-0.2, -0.15) is 0 Å². The number of benzene rings is 2. The van der Waals surface area contributed by atoms with E-state index in [0.29, 0.717) is 13.0 Å². The van der Waals surface area contributed by atoms with Crippen molar-refractivity contribution in [3.05, 3.63) is 59.7 Å². The summed E-state index contributed by atoms with van der Waals surface area (Å²) in [7, 11) is 0. The Labute approximate surface area is 200 Å². The fraction of sp³-hybridized carbons (Fsp3) is 0.444. The molecule has 0 unspecified atom stereocenters. The highest BCUT2D eigenvalue weighted by Gasteiger charge is 2.37. The van der Waals surface area contributed by atoms with Crippen LogP contribution in [0.25, 0.3) is 11.1 Å². The first-order chi connectivity index (χ1) is 16.4. The first-order valence-corrected chi connectivity index (χ1v) is 12.0. The van der Waals surface area contributed by atoms with Gasteiger partial charge in [0.05, 0.1) is 5.92 Å². The highest BCUT2D eigenvalue weighted by Crippen LogP contribution is 2.44. The number of fused-ring (bicyclic) bond motifs is 3. The average Bonchev–Trinajstić information content (AvgIpc) is 3.36. The van der Waals surface area contributed by atoms with Crippen molar-refractivity contribution in [3.63, 3.8) is 0 Å². The van der Waals surface area contributed by atoms with Gasteiger partial charge in [-0.25, -0.2) is 4.79 Å². The molecule has 3 atom stereocenters. The van der Waals surface area contributed by atoms with Gasteiger partial charge < -0.3 is 20.1 Å². The molecule has 7 nitrogen and oxygen atoms in total. The number of nitrogens with zero attached hydrogens (tertiary/aromatic N) is 1. The van der Waals surface area contributed by atoms with Crippen LogP contribution in [0.3, 0.4) is 0 Å². The second kappa shape index (κ2) is 10.3. The Morgan fingerprint density at radius 3 is 2.24 bits per heavy atom. The second-order valence-electron chi connectivity index (χ2n) is 9.38. The Morgan fingerprint density at radius 2 is 1.68 bits per heavy atom. The second-order valence-corrected chi connectivity index (χ2v) is 9.38. The number of alkyl carbamates (subject to hydrolysis) is 1. The lowest BCUT2D eigenvalue weighted by Gasteiger charge is -2.22. The number of aliphatic carboxylic acids is 1. The largest absolute Gasteiger partial charge is 0.481 e. The molecule has 4 rings (SSSR count). The maximum atomic E-state index is 12.8. The third-order valence-electron chi connectivity index (χ3n) is 7.01. The Hall–Kier alpha value is -3.35. The van der Waals surface area contributed by atoms with E-state index in [0.717, 1.165) is 17.5 Å². The summed E-state index contributed by atoms with van der Waals surface area (Å²) >= 11 is 0. The molecule has 180 valence electrons. The number of carboxylic acid groups (broad SMARTS) is 1. The quantitative estimate of drug-likeness (QED) is 0.609. The number of rotatable bonds is 8. The lowest BCUT2D eigenvalue weighted by Crippen LogP contribution is -2.41. The standard InChI is InChI=1S/C27H32N2O5/c1-3-8-18(13-25(30)29-14-17(2)23(15-29)26(31)32)28-27(33)34-16-24-21-11-6-4-9-19(21)20-10-5-7-12-22(20)24/h4-7,9-12,17-18,23-24H,3,8,13-16H2,1-2H3,(H,28,33)(H,31,32)/t17-,18-,23-/m1/s1. The van der Waals surface area contributed by atoms with Crippen LogP contribution in [0.15, 0.2) is 48.5 Å². The Bertz CT molecular complexity index is 1020. The molecule has 2 aromatic rings. The maximum absolute atomic E-state index is 12.8. The number of likely N-dealkylation sites (tertiary alicyclic amines) is 1. The minimum absolute atomic E-state index is 0.0246. The van der Waals surface area contributed by atoms with Gasteiger partial charge in [0, 0.05) is 31.5 Å². The highest BCUT2D eigenvalue weighted by molar-refractivity contribution is 5.81. The molecule has 0 bridgehead atoms. The van der Waals surface area contributed by atoms with Gasteiger partial charge in [0.1, 0.15) is 6.61 Å². The van der Waals surface area contributed by atoms with Gasteiger partial charge >= 0.3 is 12.1 Å². The van der Waals surface area contributed by atoms with E-state index in [-0.39, 0.29) is 43.4 Å². The van der Waals surface area contributed by atoms with Crippen molar-refractivity contribution in [2.24, 2.45) is 11.8 Å². The van der Waals surface area contributed by atoms with Gasteiger partial charge in [-0.05, 0) is 34.6 Å². The summed E-state index contributed by atoms with van der Waals surface area (Å²) in [5.41, 5.74) is 4.63. The highest BCUT2D eigenvalue weighted by atomic mass is 16.5. The van der Waals surface area contributed by atoms with Crippen LogP contribution in [-0.2, 0) is 14.3 Å². The number of ether oxygens (including phenoxy) is 1. The number of hydrogen-bond acceptors (Lipinski definition) is 4. The zero-order valence-corrected chi connectivity index (χ0v) is 19.7. The molecule has 1 heterocycles. The molecule has 34 heavy (non-hydrogen) atoms. The summed E-state index contributed by atoms with van der Waals surface area (Å²) in [6, 6.07) is 16.0. The van der Waals surface area contributed by atoms with Gasteiger partial charge in [0.15, 0.2) is 0 Å². The molecule has 1 saturated heterocycles. The van der Waals surface area contributed by atoms with E-state index in [2.05, 4.69) is 29.6 Å². The zero-order chi connectivity index (χ0) is 24.2. The summed E-state index contributed by atoms with van der Waals surface area (Å²) < 4.78 is 5.64. The Morgan fingerprint density at radius 1 is 1.06 bits per heavy atom. The molecular weight excluding hydrogens is 432 g/mol. The van der Waals surface area contributed by atoms with Crippen LogP contribution in [0.1, 0.15) is 50.2 Å². The van der Waals surface area contributed by atoms with E-state index < -0.39 is 18.0 Å². The van der Waals surface area contributed by atoms with Crippen molar-refractivity contribution < 1.29 is 24.2 Å². The van der Waals surface area contributed by atoms with Crippen LogP contribution in [0.2, 0.25) is 0 Å². The fourth-order valence-corrected chi connectivity index (χ4v) is 5.21. The third kappa shape index (κ3) is 4.93. The minimum atomic E-state index is -0.871. The number of hydrogen-bond donors (Lipinski definition) is 2. The normalized spacial score (nSPS) is 19.9. The number of carbonyl (C=O) groups excluding carboxylic acids is 2. The van der Waals surface area contributed by atoms with Crippen molar-refractivity contribution in [2.75, 3.05) is 19.7 Å². The van der Waals surface area contributed by atoms with Gasteiger partial charge in [0.25, 0.3) is 0 Å². The molecule has 0 aromatic heterocycles. The Kier molecular flexibility index (Phi) is 7.20. The SMILES string of the molecule is CCC[C@H](CC(=O)N1C[C@@H](C)[C@H](C(=O)O)C1)NC(=O)OCC1c2ccccc2-c2ccccc21. The molecule has 2 amide bonds. The fourth-order valence-electron chi connectivity index (χ4n) is 5.21. The molecular formula is C27H32N2O5. The van der Waals surface area contributed by atoms with Crippen molar-refractivity contribution in [2.45, 2.75) is 45.1 Å². The first kappa shape index (κ1) is 23.8. The van der Waals surface area contributed by atoms with Gasteiger partial charge in [-0.1, -0.05) is 68.8 Å². The molecule has 1 fully saturated rings. The zero-order valence-electron chi connectivity index (χ0n) is 19.7. The summed E-state index contributed by atoms with van der Waals surface area (Å²) in [5, 5.41) is 12.2. The van der Waals surface area contributed by atoms with E-state index in [4.69, 9.17) is 4.74 Å². The molecule has 2 N–H and O–H groups in total. The van der Waals surface area contributed by atoms with Gasteiger partial charge in [0.2, 0.25) is 5.91 Å². The Balaban J connectivity index is 1.35. The molecule has 7 heteroatoms. The predicted molar refractivity (Wildman–Crippen MR) is 128 cm³/mol. The number of amides is 2. The summed E-state index contributed by atoms with van der Waals surface area (Å²) in [5.74, 6) is -1.65. The molecule has 0 radical (unpaired) electrons. The van der Waals surface area contributed by atoms with Crippen LogP contribution in [0, 0.1) is 11.8 Å². The summed E-state index contributed by atoms with van der Waals surface area (Å²) in [6.45, 7) is 4.72. The van der Waals surface area contributed by atoms with Crippen molar-refractivity contribution >= 4 is 18.0 Å². The van der Waals surface area contributed by atoms with Crippen LogP contribution in [-0.4, -0.2) is 53.7 Å². The number of carbonyl (C=O) groups is 3. The van der Waals surface area contributed by atoms with E-state index >= 15 is 0 Å². The van der Waals surface area contributed by atoms with Crippen LogP contribution in [0.4, 0.5) is 4.79 Å². The molecule has 2 aliphatic rings. The van der Waals surface area contributed by atoms with Gasteiger partial charge in [-0.15, -0.1) is 0 Å². The third-order valence-corrected chi connectivity index (χ3v) is 7.01. The van der Waals surface area contributed by atoms with Crippen LogP contribution in [0.5, 0.6) is 0 Å².